The number of carbonyl (C=O) groups excluding carboxylic acids is 2. The van der Waals surface area contributed by atoms with E-state index in [9.17, 15) is 24.1 Å². The number of hydrogen-bond donors (Lipinski definition) is 0. The lowest BCUT2D eigenvalue weighted by atomic mass is 10.1. The Hall–Kier alpha value is -4.01. The molecule has 0 unspecified atom stereocenters. The van der Waals surface area contributed by atoms with Crippen LogP contribution in [0.25, 0.3) is 0 Å². The number of rotatable bonds is 9. The first-order valence-corrected chi connectivity index (χ1v) is 10.8. The van der Waals surface area contributed by atoms with Gasteiger partial charge in [0.2, 0.25) is 5.91 Å². The minimum Gasteiger partial charge on any atom is -0.467 e. The van der Waals surface area contributed by atoms with Crippen LogP contribution in [-0.2, 0) is 17.9 Å². The van der Waals surface area contributed by atoms with Crippen molar-refractivity contribution in [2.75, 3.05) is 6.54 Å². The first kappa shape index (κ1) is 24.6. The number of benzene rings is 2. The number of carbonyl (C=O) groups is 2. The fourth-order valence-corrected chi connectivity index (χ4v) is 3.47. The lowest BCUT2D eigenvalue weighted by Crippen LogP contribution is -2.45. The second kappa shape index (κ2) is 10.7. The second-order valence-corrected chi connectivity index (χ2v) is 8.24. The smallest absolute Gasteiger partial charge is 0.273 e. The number of furan rings is 1. The Morgan fingerprint density at radius 3 is 2.38 bits per heavy atom. The molecule has 2 aromatic carbocycles. The number of hydrogen-bond acceptors (Lipinski definition) is 5. The van der Waals surface area contributed by atoms with Crippen molar-refractivity contribution in [3.8, 4) is 0 Å². The van der Waals surface area contributed by atoms with E-state index in [1.54, 1.807) is 45.0 Å². The monoisotopic (exact) mass is 467 g/mol. The molecule has 2 amide bonds. The van der Waals surface area contributed by atoms with Crippen LogP contribution in [0.3, 0.4) is 0 Å². The zero-order valence-corrected chi connectivity index (χ0v) is 19.2. The van der Waals surface area contributed by atoms with E-state index in [2.05, 4.69) is 0 Å². The van der Waals surface area contributed by atoms with Crippen LogP contribution < -0.4 is 0 Å². The SMILES string of the molecule is Cc1ccc(C(=O)N(CC(=O)N(Cc2ccc(F)cc2)Cc2ccco2)C(C)C)cc1[N+](=O)[O-]. The molecule has 3 rings (SSSR count). The molecule has 178 valence electrons. The Bertz CT molecular complexity index is 1160. The number of amides is 2. The predicted molar refractivity (Wildman–Crippen MR) is 123 cm³/mol. The molecule has 0 aliphatic carbocycles. The molecule has 0 spiro atoms. The van der Waals surface area contributed by atoms with Crippen molar-refractivity contribution in [2.45, 2.75) is 39.9 Å². The fourth-order valence-electron chi connectivity index (χ4n) is 3.47. The van der Waals surface area contributed by atoms with Gasteiger partial charge in [-0.3, -0.25) is 19.7 Å². The highest BCUT2D eigenvalue weighted by molar-refractivity contribution is 5.97. The van der Waals surface area contributed by atoms with Gasteiger partial charge < -0.3 is 14.2 Å². The van der Waals surface area contributed by atoms with Crippen molar-refractivity contribution < 1.29 is 23.3 Å². The maximum Gasteiger partial charge on any atom is 0.273 e. The third-order valence-corrected chi connectivity index (χ3v) is 5.41. The zero-order chi connectivity index (χ0) is 24.8. The molecule has 8 nitrogen and oxygen atoms in total. The van der Waals surface area contributed by atoms with E-state index in [4.69, 9.17) is 4.42 Å². The van der Waals surface area contributed by atoms with E-state index >= 15 is 0 Å². The van der Waals surface area contributed by atoms with Gasteiger partial charge in [-0.25, -0.2) is 4.39 Å². The number of nitro benzene ring substituents is 1. The topological polar surface area (TPSA) is 96.9 Å². The summed E-state index contributed by atoms with van der Waals surface area (Å²) >= 11 is 0. The van der Waals surface area contributed by atoms with Crippen LogP contribution >= 0.6 is 0 Å². The highest BCUT2D eigenvalue weighted by atomic mass is 19.1. The molecule has 0 radical (unpaired) electrons. The molecule has 0 saturated heterocycles. The minimum absolute atomic E-state index is 0.134. The summed E-state index contributed by atoms with van der Waals surface area (Å²) in [4.78, 5) is 40.2. The number of halogens is 1. The quantitative estimate of drug-likeness (QED) is 0.335. The molecular formula is C25H26FN3O5. The normalized spacial score (nSPS) is 10.9. The molecule has 0 saturated carbocycles. The number of aryl methyl sites for hydroxylation is 1. The van der Waals surface area contributed by atoms with Gasteiger partial charge in [-0.05, 0) is 56.7 Å². The van der Waals surface area contributed by atoms with Gasteiger partial charge in [-0.2, -0.15) is 0 Å². The Morgan fingerprint density at radius 1 is 1.09 bits per heavy atom. The number of nitro groups is 1. The van der Waals surface area contributed by atoms with E-state index < -0.39 is 10.8 Å². The fraction of sp³-hybridized carbons (Fsp3) is 0.280. The summed E-state index contributed by atoms with van der Waals surface area (Å²) in [5.74, 6) is -0.640. The molecule has 0 atom stereocenters. The average molecular weight is 467 g/mol. The molecule has 0 bridgehead atoms. The summed E-state index contributed by atoms with van der Waals surface area (Å²) in [7, 11) is 0. The highest BCUT2D eigenvalue weighted by Gasteiger charge is 2.26. The standard InChI is InChI=1S/C25H26FN3O5/c1-17(2)28(25(31)20-9-6-18(3)23(13-20)29(32)33)16-24(30)27(15-22-5-4-12-34-22)14-19-7-10-21(26)11-8-19/h4-13,17H,14-16H2,1-3H3. The van der Waals surface area contributed by atoms with E-state index in [0.29, 0.717) is 11.3 Å². The van der Waals surface area contributed by atoms with Crippen LogP contribution in [0, 0.1) is 22.9 Å². The second-order valence-electron chi connectivity index (χ2n) is 8.24. The first-order valence-electron chi connectivity index (χ1n) is 10.8. The van der Waals surface area contributed by atoms with Crippen LogP contribution in [0.1, 0.15) is 41.1 Å². The van der Waals surface area contributed by atoms with E-state index in [1.807, 2.05) is 0 Å². The van der Waals surface area contributed by atoms with Crippen LogP contribution in [0.2, 0.25) is 0 Å². The first-order chi connectivity index (χ1) is 16.2. The molecule has 3 aromatic rings. The van der Waals surface area contributed by atoms with Crippen LogP contribution in [0.4, 0.5) is 10.1 Å². The van der Waals surface area contributed by atoms with Gasteiger partial charge >= 0.3 is 0 Å². The van der Waals surface area contributed by atoms with Crippen LogP contribution in [-0.4, -0.2) is 39.1 Å². The molecule has 1 aromatic heterocycles. The van der Waals surface area contributed by atoms with E-state index in [-0.39, 0.29) is 48.7 Å². The highest BCUT2D eigenvalue weighted by Crippen LogP contribution is 2.21. The summed E-state index contributed by atoms with van der Waals surface area (Å²) < 4.78 is 18.7. The van der Waals surface area contributed by atoms with Gasteiger partial charge in [0, 0.05) is 29.8 Å². The van der Waals surface area contributed by atoms with Gasteiger partial charge in [-0.1, -0.05) is 18.2 Å². The summed E-state index contributed by atoms with van der Waals surface area (Å²) in [5.41, 5.74) is 1.14. The van der Waals surface area contributed by atoms with Gasteiger partial charge in [0.15, 0.2) is 0 Å². The predicted octanol–water partition coefficient (Wildman–Crippen LogP) is 4.71. The molecule has 0 N–H and O–H groups in total. The average Bonchev–Trinajstić information content (AvgIpc) is 3.31. The molecule has 34 heavy (non-hydrogen) atoms. The van der Waals surface area contributed by atoms with Crippen molar-refractivity contribution in [3.05, 3.63) is 99.2 Å². The molecular weight excluding hydrogens is 441 g/mol. The van der Waals surface area contributed by atoms with Crippen LogP contribution in [0.5, 0.6) is 0 Å². The summed E-state index contributed by atoms with van der Waals surface area (Å²) in [6, 6.07) is 13.2. The minimum atomic E-state index is -0.537. The molecule has 0 fully saturated rings. The third-order valence-electron chi connectivity index (χ3n) is 5.41. The largest absolute Gasteiger partial charge is 0.467 e. The molecule has 9 heteroatoms. The zero-order valence-electron chi connectivity index (χ0n) is 19.2. The summed E-state index contributed by atoms with van der Waals surface area (Å²) in [6.45, 7) is 5.25. The maximum atomic E-state index is 13.3. The van der Waals surface area contributed by atoms with E-state index in [0.717, 1.165) is 5.56 Å². The van der Waals surface area contributed by atoms with Crippen molar-refractivity contribution in [1.82, 2.24) is 9.80 Å². The molecule has 0 aliphatic rings. The van der Waals surface area contributed by atoms with Crippen molar-refractivity contribution in [3.63, 3.8) is 0 Å². The number of nitrogens with zero attached hydrogens (tertiary/aromatic N) is 3. The Kier molecular flexibility index (Phi) is 7.78. The summed E-state index contributed by atoms with van der Waals surface area (Å²) in [6.07, 6.45) is 1.50. The lowest BCUT2D eigenvalue weighted by Gasteiger charge is -2.30. The van der Waals surface area contributed by atoms with E-state index in [1.165, 1.54) is 46.4 Å². The van der Waals surface area contributed by atoms with Crippen molar-refractivity contribution in [2.24, 2.45) is 0 Å². The molecule has 0 aliphatic heterocycles. The van der Waals surface area contributed by atoms with Gasteiger partial charge in [0.25, 0.3) is 11.6 Å². The Labute approximate surface area is 196 Å². The lowest BCUT2D eigenvalue weighted by molar-refractivity contribution is -0.385. The van der Waals surface area contributed by atoms with Crippen molar-refractivity contribution >= 4 is 17.5 Å². The van der Waals surface area contributed by atoms with Gasteiger partial charge in [0.1, 0.15) is 18.1 Å². The third kappa shape index (κ3) is 6.06. The summed E-state index contributed by atoms with van der Waals surface area (Å²) in [5, 5.41) is 11.3. The van der Waals surface area contributed by atoms with Gasteiger partial charge in [-0.15, -0.1) is 0 Å². The van der Waals surface area contributed by atoms with Crippen molar-refractivity contribution in [1.29, 1.82) is 0 Å². The Balaban J connectivity index is 1.84. The van der Waals surface area contributed by atoms with Gasteiger partial charge in [0.05, 0.1) is 17.7 Å². The van der Waals surface area contributed by atoms with Crippen LogP contribution in [0.15, 0.2) is 65.3 Å². The molecule has 1 heterocycles. The Morgan fingerprint density at radius 2 is 1.79 bits per heavy atom. The maximum absolute atomic E-state index is 13.3.